The third kappa shape index (κ3) is 6.07. The molecule has 5 heteroatoms. The fourth-order valence-corrected chi connectivity index (χ4v) is 2.00. The fourth-order valence-electron chi connectivity index (χ4n) is 2.00. The van der Waals surface area contributed by atoms with Gasteiger partial charge in [-0.2, -0.15) is 5.10 Å². The second-order valence-electron chi connectivity index (χ2n) is 4.96. The zero-order valence-corrected chi connectivity index (χ0v) is 12.7. The molecule has 0 aliphatic carbocycles. The number of nitrogens with one attached hydrogen (secondary N) is 1. The predicted octanol–water partition coefficient (Wildman–Crippen LogP) is 1.92. The van der Waals surface area contributed by atoms with Crippen LogP contribution < -0.4 is 5.32 Å². The van der Waals surface area contributed by atoms with E-state index in [0.717, 1.165) is 45.0 Å². The lowest BCUT2D eigenvalue weighted by Crippen LogP contribution is -2.27. The van der Waals surface area contributed by atoms with Gasteiger partial charge in [-0.05, 0) is 19.0 Å². The van der Waals surface area contributed by atoms with Gasteiger partial charge >= 0.3 is 0 Å². The zero-order chi connectivity index (χ0) is 14.1. The number of hydrogen-bond donors (Lipinski definition) is 1. The quantitative estimate of drug-likeness (QED) is 0.704. The summed E-state index contributed by atoms with van der Waals surface area (Å²) >= 11 is 0. The molecule has 0 aliphatic rings. The van der Waals surface area contributed by atoms with E-state index in [2.05, 4.69) is 42.3 Å². The van der Waals surface area contributed by atoms with Crippen molar-refractivity contribution >= 4 is 5.69 Å². The monoisotopic (exact) mass is 268 g/mol. The van der Waals surface area contributed by atoms with Crippen LogP contribution in [-0.4, -0.2) is 54.6 Å². The number of methoxy groups -OCH3 is 1. The van der Waals surface area contributed by atoms with Crippen LogP contribution in [0.1, 0.15) is 20.8 Å². The number of hydrogen-bond acceptors (Lipinski definition) is 4. The molecule has 1 heterocycles. The van der Waals surface area contributed by atoms with Crippen LogP contribution in [0.15, 0.2) is 12.4 Å². The average molecular weight is 268 g/mol. The lowest BCUT2D eigenvalue weighted by Gasteiger charge is -2.17. The van der Waals surface area contributed by atoms with E-state index in [0.29, 0.717) is 5.92 Å². The fraction of sp³-hybridized carbons (Fsp3) is 0.786. The molecule has 0 bridgehead atoms. The Labute approximate surface area is 116 Å². The highest BCUT2D eigenvalue weighted by atomic mass is 16.5. The molecule has 0 aliphatic heterocycles. The number of likely N-dealkylation sites (N-methyl/N-ethyl adjacent to an activating group) is 1. The number of aromatic nitrogens is 2. The van der Waals surface area contributed by atoms with Crippen LogP contribution in [0.3, 0.4) is 0 Å². The molecule has 0 saturated heterocycles. The Bertz CT molecular complexity index is 336. The highest BCUT2D eigenvalue weighted by Crippen LogP contribution is 2.06. The number of ether oxygens (including phenoxy) is 1. The van der Waals surface area contributed by atoms with E-state index < -0.39 is 0 Å². The molecule has 1 aromatic heterocycles. The van der Waals surface area contributed by atoms with Crippen molar-refractivity contribution in [2.75, 3.05) is 45.2 Å². The van der Waals surface area contributed by atoms with Crippen molar-refractivity contribution in [2.45, 2.75) is 27.3 Å². The molecule has 1 aromatic rings. The summed E-state index contributed by atoms with van der Waals surface area (Å²) in [5.74, 6) is 0.504. The number of anilines is 1. The Morgan fingerprint density at radius 1 is 1.42 bits per heavy atom. The first-order valence-corrected chi connectivity index (χ1v) is 7.17. The van der Waals surface area contributed by atoms with Gasteiger partial charge in [0.1, 0.15) is 0 Å². The molecule has 1 N–H and O–H groups in total. The molecule has 1 atom stereocenters. The number of nitrogens with zero attached hydrogens (tertiary/aromatic N) is 3. The van der Waals surface area contributed by atoms with Crippen LogP contribution >= 0.6 is 0 Å². The standard InChI is InChI=1S/C14H28N4O/c1-5-17(6-2)7-8-18-11-14(10-16-18)15-9-13(3)12-19-4/h10-11,13,15H,5-9,12H2,1-4H3. The van der Waals surface area contributed by atoms with Crippen LogP contribution in [0.2, 0.25) is 0 Å². The van der Waals surface area contributed by atoms with Crippen molar-refractivity contribution in [1.82, 2.24) is 14.7 Å². The summed E-state index contributed by atoms with van der Waals surface area (Å²) in [5, 5.41) is 7.77. The van der Waals surface area contributed by atoms with E-state index in [1.54, 1.807) is 7.11 Å². The molecule has 1 rings (SSSR count). The van der Waals surface area contributed by atoms with Gasteiger partial charge in [-0.1, -0.05) is 20.8 Å². The first kappa shape index (κ1) is 16.0. The second-order valence-corrected chi connectivity index (χ2v) is 4.96. The van der Waals surface area contributed by atoms with Crippen LogP contribution in [-0.2, 0) is 11.3 Å². The minimum atomic E-state index is 0.504. The number of rotatable bonds is 10. The summed E-state index contributed by atoms with van der Waals surface area (Å²) in [7, 11) is 1.74. The molecule has 0 spiro atoms. The van der Waals surface area contributed by atoms with E-state index in [1.165, 1.54) is 0 Å². The highest BCUT2D eigenvalue weighted by molar-refractivity contribution is 5.37. The van der Waals surface area contributed by atoms with Crippen molar-refractivity contribution in [1.29, 1.82) is 0 Å². The van der Waals surface area contributed by atoms with E-state index in [9.17, 15) is 0 Å². The third-order valence-electron chi connectivity index (χ3n) is 3.28. The Balaban J connectivity index is 2.31. The Morgan fingerprint density at radius 2 is 2.16 bits per heavy atom. The maximum atomic E-state index is 5.12. The van der Waals surface area contributed by atoms with Crippen LogP contribution in [0, 0.1) is 5.92 Å². The van der Waals surface area contributed by atoms with Gasteiger partial charge in [-0.25, -0.2) is 0 Å². The normalized spacial score (nSPS) is 12.9. The van der Waals surface area contributed by atoms with Crippen LogP contribution in [0.4, 0.5) is 5.69 Å². The first-order valence-electron chi connectivity index (χ1n) is 7.17. The molecule has 0 radical (unpaired) electrons. The summed E-state index contributed by atoms with van der Waals surface area (Å²) in [4.78, 5) is 2.40. The topological polar surface area (TPSA) is 42.3 Å². The summed E-state index contributed by atoms with van der Waals surface area (Å²) in [6.07, 6.45) is 3.96. The SMILES string of the molecule is CCN(CC)CCn1cc(NCC(C)COC)cn1. The second kappa shape index (κ2) is 8.93. The van der Waals surface area contributed by atoms with Crippen molar-refractivity contribution in [3.63, 3.8) is 0 Å². The molecule has 110 valence electrons. The minimum Gasteiger partial charge on any atom is -0.384 e. The van der Waals surface area contributed by atoms with Gasteiger partial charge in [0.05, 0.1) is 25.0 Å². The third-order valence-corrected chi connectivity index (χ3v) is 3.28. The first-order chi connectivity index (χ1) is 9.19. The molecular formula is C14H28N4O. The summed E-state index contributed by atoms with van der Waals surface area (Å²) in [5.41, 5.74) is 1.09. The molecule has 1 unspecified atom stereocenters. The molecule has 0 amide bonds. The Morgan fingerprint density at radius 3 is 2.79 bits per heavy atom. The van der Waals surface area contributed by atoms with Crippen molar-refractivity contribution in [3.8, 4) is 0 Å². The van der Waals surface area contributed by atoms with Gasteiger partial charge in [-0.15, -0.1) is 0 Å². The van der Waals surface area contributed by atoms with Gasteiger partial charge in [0, 0.05) is 26.4 Å². The summed E-state index contributed by atoms with van der Waals surface area (Å²) < 4.78 is 7.12. The van der Waals surface area contributed by atoms with Crippen LogP contribution in [0.5, 0.6) is 0 Å². The highest BCUT2D eigenvalue weighted by Gasteiger charge is 2.04. The van der Waals surface area contributed by atoms with Gasteiger partial charge in [0.25, 0.3) is 0 Å². The maximum absolute atomic E-state index is 5.12. The minimum absolute atomic E-state index is 0.504. The smallest absolute Gasteiger partial charge is 0.0726 e. The molecule has 0 fully saturated rings. The van der Waals surface area contributed by atoms with Crippen molar-refractivity contribution in [3.05, 3.63) is 12.4 Å². The van der Waals surface area contributed by atoms with E-state index in [4.69, 9.17) is 4.74 Å². The Hall–Kier alpha value is -1.07. The maximum Gasteiger partial charge on any atom is 0.0726 e. The largest absolute Gasteiger partial charge is 0.384 e. The van der Waals surface area contributed by atoms with Crippen LogP contribution in [0.25, 0.3) is 0 Å². The predicted molar refractivity (Wildman–Crippen MR) is 79.5 cm³/mol. The van der Waals surface area contributed by atoms with Gasteiger partial charge in [0.2, 0.25) is 0 Å². The molecule has 0 aromatic carbocycles. The van der Waals surface area contributed by atoms with Crippen molar-refractivity contribution < 1.29 is 4.74 Å². The molecule has 19 heavy (non-hydrogen) atoms. The Kier molecular flexibility index (Phi) is 7.52. The van der Waals surface area contributed by atoms with Crippen molar-refractivity contribution in [2.24, 2.45) is 5.92 Å². The van der Waals surface area contributed by atoms with Gasteiger partial charge < -0.3 is 15.0 Å². The summed E-state index contributed by atoms with van der Waals surface area (Å²) in [6.45, 7) is 12.4. The lowest BCUT2D eigenvalue weighted by molar-refractivity contribution is 0.164. The average Bonchev–Trinajstić information content (AvgIpc) is 2.86. The lowest BCUT2D eigenvalue weighted by atomic mass is 10.2. The van der Waals surface area contributed by atoms with Gasteiger partial charge in [-0.3, -0.25) is 4.68 Å². The molecule has 0 saturated carbocycles. The zero-order valence-electron chi connectivity index (χ0n) is 12.7. The van der Waals surface area contributed by atoms with Gasteiger partial charge in [0.15, 0.2) is 0 Å². The molecular weight excluding hydrogens is 240 g/mol. The summed E-state index contributed by atoms with van der Waals surface area (Å²) in [6, 6.07) is 0. The van der Waals surface area contributed by atoms with E-state index >= 15 is 0 Å². The molecule has 5 nitrogen and oxygen atoms in total. The van der Waals surface area contributed by atoms with E-state index in [-0.39, 0.29) is 0 Å². The van der Waals surface area contributed by atoms with E-state index in [1.807, 2.05) is 10.9 Å².